The summed E-state index contributed by atoms with van der Waals surface area (Å²) in [5.41, 5.74) is 5.49. The van der Waals surface area contributed by atoms with Crippen LogP contribution in [-0.2, 0) is 11.4 Å². The monoisotopic (exact) mass is 678 g/mol. The number of benzene rings is 3. The summed E-state index contributed by atoms with van der Waals surface area (Å²) in [7, 11) is 0. The number of halogens is 6. The van der Waals surface area contributed by atoms with Crippen LogP contribution in [0, 0.1) is 0 Å². The first-order valence-electron chi connectivity index (χ1n) is 12.4. The molecule has 0 unspecified atom stereocenters. The van der Waals surface area contributed by atoms with Gasteiger partial charge in [0, 0.05) is 30.6 Å². The Morgan fingerprint density at radius 3 is 1.27 bits per heavy atom. The molecule has 6 aromatic rings. The molecule has 0 bridgehead atoms. The minimum atomic E-state index is -4.77. The Bertz CT molecular complexity index is 1950. The van der Waals surface area contributed by atoms with E-state index in [0.29, 0.717) is 22.4 Å². The van der Waals surface area contributed by atoms with Crippen LogP contribution in [0.15, 0.2) is 81.5 Å². The van der Waals surface area contributed by atoms with Crippen LogP contribution in [0.4, 0.5) is 37.7 Å². The summed E-state index contributed by atoms with van der Waals surface area (Å²) in [6.07, 6.45) is -9.54. The van der Waals surface area contributed by atoms with Crippen molar-refractivity contribution >= 4 is 68.2 Å². The molecule has 3 aromatic carbocycles. The molecule has 44 heavy (non-hydrogen) atoms. The van der Waals surface area contributed by atoms with Crippen LogP contribution in [0.3, 0.4) is 0 Å². The van der Waals surface area contributed by atoms with Gasteiger partial charge in [0.05, 0.1) is 23.1 Å². The first kappa shape index (κ1) is 28.6. The summed E-state index contributed by atoms with van der Waals surface area (Å²) in [5, 5.41) is 0. The maximum atomic E-state index is 12.6. The molecule has 1 aliphatic heterocycles. The number of nitrogens with zero attached hydrogens (tertiary/aromatic N) is 4. The second kappa shape index (κ2) is 10.8. The summed E-state index contributed by atoms with van der Waals surface area (Å²) in [4.78, 5) is 3.32. The minimum absolute atomic E-state index is 0.302. The standard InChI is InChI=1S/C28H12F6N4O2S4/c29-27(30,31)39-15-5-1-13(2-6-15)17-9-11-19(41-17)21-23-25(37-43-35-23)22(26-24(21)36-44-38-26)20-12-10-18(42-20)14-3-7-16(8-4-14)40-28(32,33)34/h1-12H. The van der Waals surface area contributed by atoms with E-state index < -0.39 is 12.7 Å². The van der Waals surface area contributed by atoms with E-state index >= 15 is 0 Å². The maximum Gasteiger partial charge on any atom is 0.573 e. The number of rotatable bonds is 6. The highest BCUT2D eigenvalue weighted by Crippen LogP contribution is 2.54. The summed E-state index contributed by atoms with van der Waals surface area (Å²) in [5.74, 6) is -0.605. The molecule has 222 valence electrons. The Labute approximate surface area is 259 Å². The summed E-state index contributed by atoms with van der Waals surface area (Å²) in [6, 6.07) is 18.9. The topological polar surface area (TPSA) is 69.0 Å². The van der Waals surface area contributed by atoms with Crippen LogP contribution >= 0.6 is 34.4 Å². The second-order valence-electron chi connectivity index (χ2n) is 9.15. The molecule has 7 rings (SSSR count). The number of hydrogen-bond acceptors (Lipinski definition) is 9. The SMILES string of the molecule is FC(F)(F)Oc1ccc(-c2ccc(-c3c4c(c(-c5ccc(-c6ccc(OC(F)(F)F)cc6)s5)c5nsnc35)N=S=N4)s2)cc1. The van der Waals surface area contributed by atoms with Crippen LogP contribution in [-0.4, -0.2) is 21.5 Å². The lowest BCUT2D eigenvalue weighted by Crippen LogP contribution is -2.16. The summed E-state index contributed by atoms with van der Waals surface area (Å²) in [6.45, 7) is 0. The molecule has 0 spiro atoms. The largest absolute Gasteiger partial charge is 0.573 e. The van der Waals surface area contributed by atoms with E-state index in [-0.39, 0.29) is 11.5 Å². The van der Waals surface area contributed by atoms with Crippen LogP contribution < -0.4 is 9.47 Å². The van der Waals surface area contributed by atoms with Gasteiger partial charge in [0.15, 0.2) is 0 Å². The zero-order valence-electron chi connectivity index (χ0n) is 21.4. The van der Waals surface area contributed by atoms with Gasteiger partial charge in [0.25, 0.3) is 0 Å². The summed E-state index contributed by atoms with van der Waals surface area (Å²) < 4.78 is 102. The van der Waals surface area contributed by atoms with Gasteiger partial charge in [-0.2, -0.15) is 17.5 Å². The molecule has 0 amide bonds. The fraction of sp³-hybridized carbons (Fsp3) is 0.0714. The van der Waals surface area contributed by atoms with E-state index in [1.165, 1.54) is 46.9 Å². The molecule has 6 nitrogen and oxygen atoms in total. The van der Waals surface area contributed by atoms with Gasteiger partial charge in [-0.05, 0) is 83.9 Å². The molecule has 0 atom stereocenters. The van der Waals surface area contributed by atoms with Crippen molar-refractivity contribution in [3.8, 4) is 53.3 Å². The van der Waals surface area contributed by atoms with Crippen LogP contribution in [0.2, 0.25) is 0 Å². The molecule has 0 aliphatic carbocycles. The van der Waals surface area contributed by atoms with Crippen LogP contribution in [0.25, 0.3) is 52.8 Å². The van der Waals surface area contributed by atoms with Gasteiger partial charge < -0.3 is 9.47 Å². The third-order valence-electron chi connectivity index (χ3n) is 6.37. The summed E-state index contributed by atoms with van der Waals surface area (Å²) >= 11 is 4.97. The van der Waals surface area contributed by atoms with Crippen LogP contribution in [0.1, 0.15) is 0 Å². The fourth-order valence-corrected chi connectivity index (χ4v) is 7.86. The van der Waals surface area contributed by atoms with Gasteiger partial charge in [0.2, 0.25) is 0 Å². The van der Waals surface area contributed by atoms with Crippen molar-refractivity contribution in [3.63, 3.8) is 0 Å². The third kappa shape index (κ3) is 5.60. The van der Waals surface area contributed by atoms with Gasteiger partial charge in [-0.25, -0.2) is 0 Å². The van der Waals surface area contributed by atoms with Gasteiger partial charge in [-0.1, -0.05) is 0 Å². The molecule has 0 saturated heterocycles. The van der Waals surface area contributed by atoms with Gasteiger partial charge >= 0.3 is 12.7 Å². The fourth-order valence-electron chi connectivity index (χ4n) is 4.62. The number of aromatic nitrogens is 2. The second-order valence-corrected chi connectivity index (χ2v) is 12.4. The maximum absolute atomic E-state index is 12.6. The van der Waals surface area contributed by atoms with Gasteiger partial charge in [-0.3, -0.25) is 0 Å². The average molecular weight is 679 g/mol. The van der Waals surface area contributed by atoms with E-state index in [4.69, 9.17) is 0 Å². The molecular formula is C28H12F6N4O2S4. The molecule has 3 aromatic heterocycles. The van der Waals surface area contributed by atoms with E-state index in [2.05, 4.69) is 26.9 Å². The molecule has 0 fully saturated rings. The number of thiophene rings is 2. The van der Waals surface area contributed by atoms with Crippen molar-refractivity contribution in [3.05, 3.63) is 72.8 Å². The predicted molar refractivity (Wildman–Crippen MR) is 160 cm³/mol. The molecule has 0 saturated carbocycles. The normalized spacial score (nSPS) is 12.9. The lowest BCUT2D eigenvalue weighted by molar-refractivity contribution is -0.275. The highest BCUT2D eigenvalue weighted by atomic mass is 32.1. The molecule has 4 heterocycles. The average Bonchev–Trinajstić information content (AvgIpc) is 3.78. The number of fused-ring (bicyclic) bond motifs is 2. The quantitative estimate of drug-likeness (QED) is 0.164. The van der Waals surface area contributed by atoms with Crippen molar-refractivity contribution in [2.45, 2.75) is 12.7 Å². The zero-order valence-corrected chi connectivity index (χ0v) is 24.7. The van der Waals surface area contributed by atoms with E-state index in [9.17, 15) is 26.3 Å². The van der Waals surface area contributed by atoms with E-state index in [0.717, 1.165) is 64.8 Å². The smallest absolute Gasteiger partial charge is 0.406 e. The highest BCUT2D eigenvalue weighted by Gasteiger charge is 2.32. The Balaban J connectivity index is 1.24. The van der Waals surface area contributed by atoms with Crippen molar-refractivity contribution in [1.29, 1.82) is 0 Å². The highest BCUT2D eigenvalue weighted by molar-refractivity contribution is 7.58. The van der Waals surface area contributed by atoms with Crippen LogP contribution in [0.5, 0.6) is 11.5 Å². The third-order valence-corrected chi connectivity index (χ3v) is 9.73. The first-order valence-corrected chi connectivity index (χ1v) is 15.4. The molecular weight excluding hydrogens is 667 g/mol. The Kier molecular flexibility index (Phi) is 7.03. The molecule has 1 aliphatic rings. The molecule has 0 radical (unpaired) electrons. The number of alkyl halides is 6. The van der Waals surface area contributed by atoms with E-state index in [1.807, 2.05) is 24.3 Å². The van der Waals surface area contributed by atoms with Crippen molar-refractivity contribution in [2.75, 3.05) is 0 Å². The molecule has 16 heteroatoms. The first-order chi connectivity index (χ1) is 21.0. The Morgan fingerprint density at radius 2 is 0.886 bits per heavy atom. The number of hydrogen-bond donors (Lipinski definition) is 0. The van der Waals surface area contributed by atoms with Gasteiger partial charge in [0.1, 0.15) is 33.9 Å². The van der Waals surface area contributed by atoms with Crippen molar-refractivity contribution < 1.29 is 35.8 Å². The predicted octanol–water partition coefficient (Wildman–Crippen LogP) is 11.0. The molecule has 0 N–H and O–H groups in total. The van der Waals surface area contributed by atoms with Crippen molar-refractivity contribution in [2.24, 2.45) is 8.73 Å². The minimum Gasteiger partial charge on any atom is -0.406 e. The lowest BCUT2D eigenvalue weighted by Gasteiger charge is -2.10. The lowest BCUT2D eigenvalue weighted by atomic mass is 10.0. The van der Waals surface area contributed by atoms with Crippen molar-refractivity contribution in [1.82, 2.24) is 8.75 Å². The van der Waals surface area contributed by atoms with Gasteiger partial charge in [-0.15, -0.1) is 49.0 Å². The zero-order chi connectivity index (χ0) is 30.6. The van der Waals surface area contributed by atoms with E-state index in [1.54, 1.807) is 24.3 Å². The Hall–Kier alpha value is -4.12. The number of ether oxygens (including phenoxy) is 2. The Morgan fingerprint density at radius 1 is 0.500 bits per heavy atom.